The summed E-state index contributed by atoms with van der Waals surface area (Å²) in [6.07, 6.45) is 0.191. The van der Waals surface area contributed by atoms with E-state index in [1.165, 1.54) is 34.6 Å². The average Bonchev–Trinajstić information content (AvgIpc) is 2.80. The van der Waals surface area contributed by atoms with Crippen molar-refractivity contribution in [2.75, 3.05) is 11.4 Å². The molecule has 0 fully saturated rings. The van der Waals surface area contributed by atoms with Crippen LogP contribution in [0.1, 0.15) is 31.8 Å². The zero-order valence-electron chi connectivity index (χ0n) is 17.2. The van der Waals surface area contributed by atoms with Gasteiger partial charge in [-0.3, -0.25) is 13.9 Å². The van der Waals surface area contributed by atoms with Crippen LogP contribution in [0.4, 0.5) is 14.5 Å². The lowest BCUT2D eigenvalue weighted by atomic mass is 9.98. The van der Waals surface area contributed by atoms with Gasteiger partial charge in [0.25, 0.3) is 5.91 Å². The summed E-state index contributed by atoms with van der Waals surface area (Å²) in [5.74, 6) is -1.45. The molecule has 0 saturated carbocycles. The normalized spacial score (nSPS) is 17.7. The molecule has 1 aliphatic heterocycles. The third-order valence-corrected chi connectivity index (χ3v) is 6.97. The Kier molecular flexibility index (Phi) is 6.14. The van der Waals surface area contributed by atoms with E-state index in [1.807, 2.05) is 0 Å². The Hall–Kier alpha value is -3.39. The molecule has 1 N–H and O–H groups in total. The van der Waals surface area contributed by atoms with Crippen molar-refractivity contribution < 1.29 is 22.6 Å². The van der Waals surface area contributed by atoms with Gasteiger partial charge >= 0.3 is 0 Å². The van der Waals surface area contributed by atoms with E-state index in [2.05, 4.69) is 5.32 Å². The molecule has 0 aromatic heterocycles. The molecular weight excluding hydrogens is 434 g/mol. The third-order valence-electron chi connectivity index (χ3n) is 5.37. The smallest absolute Gasteiger partial charge is 0.251 e. The van der Waals surface area contributed by atoms with Gasteiger partial charge in [-0.1, -0.05) is 24.3 Å². The van der Waals surface area contributed by atoms with Crippen molar-refractivity contribution >= 4 is 28.4 Å². The molecule has 5 nitrogen and oxygen atoms in total. The van der Waals surface area contributed by atoms with Crippen molar-refractivity contribution in [3.05, 3.63) is 101 Å². The fraction of sp³-hybridized carbons (Fsp3) is 0.167. The highest BCUT2D eigenvalue weighted by Gasteiger charge is 2.37. The zero-order valence-corrected chi connectivity index (χ0v) is 18.0. The number of Topliss-reactive ketones (excluding diaryl/α,β-unsaturated/α-hetero) is 1. The first-order chi connectivity index (χ1) is 15.3. The highest BCUT2D eigenvalue weighted by atomic mass is 32.2. The molecule has 0 bridgehead atoms. The summed E-state index contributed by atoms with van der Waals surface area (Å²) in [5.41, 5.74) is 2.53. The SMILES string of the molecule is CN1c2ccc(C(=O)NCc3ccc(F)cc3)cc2C(=O)C(Cc2ccc(F)cc2)S1=O. The van der Waals surface area contributed by atoms with Crippen LogP contribution in [0.25, 0.3) is 0 Å². The van der Waals surface area contributed by atoms with Crippen molar-refractivity contribution in [1.29, 1.82) is 0 Å². The minimum absolute atomic E-state index is 0.191. The molecular formula is C24H20F2N2O3S. The summed E-state index contributed by atoms with van der Waals surface area (Å²) in [4.78, 5) is 25.8. The minimum Gasteiger partial charge on any atom is -0.348 e. The van der Waals surface area contributed by atoms with Crippen LogP contribution in [0.2, 0.25) is 0 Å². The predicted octanol–water partition coefficient (Wildman–Crippen LogP) is 3.80. The van der Waals surface area contributed by atoms with Crippen molar-refractivity contribution in [2.45, 2.75) is 18.2 Å². The number of ketones is 1. The lowest BCUT2D eigenvalue weighted by Crippen LogP contribution is -2.42. The monoisotopic (exact) mass is 454 g/mol. The number of anilines is 1. The minimum atomic E-state index is -1.61. The van der Waals surface area contributed by atoms with Gasteiger partial charge < -0.3 is 5.32 Å². The van der Waals surface area contributed by atoms with Crippen molar-refractivity contribution in [2.24, 2.45) is 0 Å². The third kappa shape index (κ3) is 4.45. The fourth-order valence-electron chi connectivity index (χ4n) is 3.59. The van der Waals surface area contributed by atoms with Crippen LogP contribution in [0.3, 0.4) is 0 Å². The lowest BCUT2D eigenvalue weighted by Gasteiger charge is -2.31. The number of carbonyl (C=O) groups excluding carboxylic acids is 2. The molecule has 0 aliphatic carbocycles. The molecule has 0 saturated heterocycles. The highest BCUT2D eigenvalue weighted by Crippen LogP contribution is 2.32. The van der Waals surface area contributed by atoms with Gasteiger partial charge in [-0.05, 0) is 60.0 Å². The topological polar surface area (TPSA) is 66.5 Å². The molecule has 1 amide bonds. The maximum atomic E-state index is 13.2. The first kappa shape index (κ1) is 21.8. The summed E-state index contributed by atoms with van der Waals surface area (Å²) in [6.45, 7) is 0.210. The summed E-state index contributed by atoms with van der Waals surface area (Å²) in [5, 5.41) is 1.91. The van der Waals surface area contributed by atoms with E-state index < -0.39 is 16.2 Å². The Morgan fingerprint density at radius 1 is 0.969 bits per heavy atom. The summed E-state index contributed by atoms with van der Waals surface area (Å²) in [7, 11) is 0.0235. The number of nitrogens with one attached hydrogen (secondary N) is 1. The van der Waals surface area contributed by atoms with Crippen LogP contribution in [0, 0.1) is 11.6 Å². The Balaban J connectivity index is 1.55. The number of benzene rings is 3. The summed E-state index contributed by atoms with van der Waals surface area (Å²) in [6, 6.07) is 16.2. The van der Waals surface area contributed by atoms with Gasteiger partial charge in [0.2, 0.25) is 0 Å². The largest absolute Gasteiger partial charge is 0.348 e. The molecule has 0 radical (unpaired) electrons. The second-order valence-corrected chi connectivity index (χ2v) is 9.17. The molecule has 164 valence electrons. The number of hydrogen-bond acceptors (Lipinski definition) is 3. The molecule has 0 spiro atoms. The van der Waals surface area contributed by atoms with Gasteiger partial charge in [0.1, 0.15) is 27.9 Å². The molecule has 3 aromatic rings. The first-order valence-corrected chi connectivity index (χ1v) is 11.1. The average molecular weight is 454 g/mol. The van der Waals surface area contributed by atoms with E-state index in [4.69, 9.17) is 0 Å². The molecule has 3 aromatic carbocycles. The summed E-state index contributed by atoms with van der Waals surface area (Å²) >= 11 is 0. The Morgan fingerprint density at radius 3 is 2.19 bits per heavy atom. The Bertz CT molecular complexity index is 1200. The van der Waals surface area contributed by atoms with E-state index in [0.717, 1.165) is 5.56 Å². The number of halogens is 2. The predicted molar refractivity (Wildman–Crippen MR) is 119 cm³/mol. The number of nitrogens with zero attached hydrogens (tertiary/aromatic N) is 1. The first-order valence-electron chi connectivity index (χ1n) is 9.93. The number of fused-ring (bicyclic) bond motifs is 1. The highest BCUT2D eigenvalue weighted by molar-refractivity contribution is 7.88. The van der Waals surface area contributed by atoms with Gasteiger partial charge in [0.15, 0.2) is 5.78 Å². The van der Waals surface area contributed by atoms with Crippen molar-refractivity contribution in [3.8, 4) is 0 Å². The van der Waals surface area contributed by atoms with Gasteiger partial charge in [-0.25, -0.2) is 13.0 Å². The lowest BCUT2D eigenvalue weighted by molar-refractivity contribution is 0.0951. The van der Waals surface area contributed by atoms with Crippen LogP contribution in [-0.4, -0.2) is 28.2 Å². The van der Waals surface area contributed by atoms with Gasteiger partial charge in [0.05, 0.1) is 5.69 Å². The second-order valence-electron chi connectivity index (χ2n) is 7.50. The quantitative estimate of drug-likeness (QED) is 0.638. The van der Waals surface area contributed by atoms with Crippen LogP contribution in [0.5, 0.6) is 0 Å². The van der Waals surface area contributed by atoms with Crippen LogP contribution >= 0.6 is 0 Å². The molecule has 1 aliphatic rings. The Morgan fingerprint density at radius 2 is 1.56 bits per heavy atom. The molecule has 32 heavy (non-hydrogen) atoms. The number of carbonyl (C=O) groups is 2. The maximum absolute atomic E-state index is 13.2. The van der Waals surface area contributed by atoms with Crippen LogP contribution in [0.15, 0.2) is 66.7 Å². The molecule has 4 rings (SSSR count). The number of amides is 1. The van der Waals surface area contributed by atoms with E-state index in [0.29, 0.717) is 22.4 Å². The Labute approximate surface area is 186 Å². The van der Waals surface area contributed by atoms with Crippen LogP contribution in [-0.2, 0) is 24.0 Å². The fourth-order valence-corrected chi connectivity index (χ4v) is 4.97. The summed E-state index contributed by atoms with van der Waals surface area (Å²) < 4.78 is 40.7. The molecule has 1 heterocycles. The van der Waals surface area contributed by atoms with E-state index in [-0.39, 0.29) is 36.3 Å². The molecule has 2 unspecified atom stereocenters. The van der Waals surface area contributed by atoms with E-state index >= 15 is 0 Å². The van der Waals surface area contributed by atoms with Crippen LogP contribution < -0.4 is 9.62 Å². The second kappa shape index (κ2) is 9.00. The van der Waals surface area contributed by atoms with Crippen molar-refractivity contribution in [1.82, 2.24) is 5.32 Å². The van der Waals surface area contributed by atoms with Gasteiger partial charge in [-0.2, -0.15) is 0 Å². The molecule has 8 heteroatoms. The van der Waals surface area contributed by atoms with Gasteiger partial charge in [0, 0.05) is 24.7 Å². The van der Waals surface area contributed by atoms with E-state index in [9.17, 15) is 22.6 Å². The van der Waals surface area contributed by atoms with Crippen molar-refractivity contribution in [3.63, 3.8) is 0 Å². The zero-order chi connectivity index (χ0) is 22.8. The maximum Gasteiger partial charge on any atom is 0.251 e. The van der Waals surface area contributed by atoms with Gasteiger partial charge in [-0.15, -0.1) is 0 Å². The molecule has 2 atom stereocenters. The number of rotatable bonds is 5. The number of hydrogen-bond donors (Lipinski definition) is 1. The van der Waals surface area contributed by atoms with E-state index in [1.54, 1.807) is 43.4 Å². The standard InChI is InChI=1S/C24H20F2N2O3S/c1-28-21-11-6-17(24(30)27-14-16-4-9-19(26)10-5-16)13-20(21)23(29)22(32(28)31)12-15-2-7-18(25)8-3-15/h2-11,13,22H,12,14H2,1H3,(H,27,30).